The molecule has 0 radical (unpaired) electrons. The van der Waals surface area contributed by atoms with Crippen LogP contribution in [0.1, 0.15) is 11.3 Å². The van der Waals surface area contributed by atoms with Gasteiger partial charge in [-0.25, -0.2) is 9.37 Å². The summed E-state index contributed by atoms with van der Waals surface area (Å²) in [5.74, 6) is 1.35. The molecule has 2 aromatic heterocycles. The van der Waals surface area contributed by atoms with Crippen LogP contribution in [0.2, 0.25) is 0 Å². The molecule has 1 saturated heterocycles. The van der Waals surface area contributed by atoms with Crippen molar-refractivity contribution in [1.29, 1.82) is 0 Å². The fourth-order valence-electron chi connectivity index (χ4n) is 4.14. The summed E-state index contributed by atoms with van der Waals surface area (Å²) in [6, 6.07) is 16.6. The number of benzene rings is 2. The fraction of sp³-hybridized carbons (Fsp3) is 0.304. The zero-order chi connectivity index (χ0) is 21.2. The van der Waals surface area contributed by atoms with Gasteiger partial charge in [-0.1, -0.05) is 30.3 Å². The first kappa shape index (κ1) is 19.6. The van der Waals surface area contributed by atoms with Gasteiger partial charge in [0.25, 0.3) is 0 Å². The zero-order valence-corrected chi connectivity index (χ0v) is 17.4. The van der Waals surface area contributed by atoms with E-state index in [9.17, 15) is 4.39 Å². The first-order valence-electron chi connectivity index (χ1n) is 10.4. The molecular weight excluding hydrogens is 393 g/mol. The van der Waals surface area contributed by atoms with Gasteiger partial charge in [0.05, 0.1) is 11.7 Å². The molecule has 1 aliphatic heterocycles. The van der Waals surface area contributed by atoms with Gasteiger partial charge in [0.2, 0.25) is 0 Å². The van der Waals surface area contributed by atoms with Crippen molar-refractivity contribution in [2.75, 3.05) is 31.6 Å². The molecule has 1 atom stereocenters. The Labute approximate surface area is 179 Å². The summed E-state index contributed by atoms with van der Waals surface area (Å²) in [7, 11) is 2.18. The van der Waals surface area contributed by atoms with Crippen LogP contribution in [-0.4, -0.2) is 63.0 Å². The number of aromatic nitrogens is 5. The lowest BCUT2D eigenvalue weighted by Gasteiger charge is -2.40. The Bertz CT molecular complexity index is 1180. The SMILES string of the molecule is CN1CCN(c2cnnc(-c3ccc4[nH]nc(CF)c4c3)n2)C[C@@H]1Cc1ccccc1. The van der Waals surface area contributed by atoms with Gasteiger partial charge in [-0.05, 0) is 37.2 Å². The number of piperazine rings is 1. The van der Waals surface area contributed by atoms with E-state index in [4.69, 9.17) is 4.98 Å². The highest BCUT2D eigenvalue weighted by Gasteiger charge is 2.26. The Morgan fingerprint density at radius 3 is 2.84 bits per heavy atom. The lowest BCUT2D eigenvalue weighted by molar-refractivity contribution is 0.216. The van der Waals surface area contributed by atoms with E-state index >= 15 is 0 Å². The Morgan fingerprint density at radius 1 is 1.13 bits per heavy atom. The van der Waals surface area contributed by atoms with E-state index in [0.29, 0.717) is 17.6 Å². The molecule has 0 aliphatic carbocycles. The van der Waals surface area contributed by atoms with E-state index in [1.54, 1.807) is 6.20 Å². The number of hydrogen-bond acceptors (Lipinski definition) is 6. The number of nitrogens with one attached hydrogen (secondary N) is 1. The largest absolute Gasteiger partial charge is 0.352 e. The number of nitrogens with zero attached hydrogens (tertiary/aromatic N) is 6. The summed E-state index contributed by atoms with van der Waals surface area (Å²) in [5, 5.41) is 16.1. The number of anilines is 1. The highest BCUT2D eigenvalue weighted by atomic mass is 19.1. The Morgan fingerprint density at radius 2 is 2.00 bits per heavy atom. The van der Waals surface area contributed by atoms with Crippen LogP contribution in [-0.2, 0) is 13.1 Å². The molecule has 7 nitrogen and oxygen atoms in total. The van der Waals surface area contributed by atoms with Crippen LogP contribution in [0, 0.1) is 0 Å². The number of halogens is 1. The van der Waals surface area contributed by atoms with Gasteiger partial charge in [-0.3, -0.25) is 10.00 Å². The van der Waals surface area contributed by atoms with Gasteiger partial charge in [-0.15, -0.1) is 5.10 Å². The fourth-order valence-corrected chi connectivity index (χ4v) is 4.14. The van der Waals surface area contributed by atoms with Gasteiger partial charge in [0, 0.05) is 36.6 Å². The molecule has 2 aromatic carbocycles. The molecule has 1 fully saturated rings. The van der Waals surface area contributed by atoms with Crippen molar-refractivity contribution >= 4 is 16.7 Å². The molecule has 4 aromatic rings. The zero-order valence-electron chi connectivity index (χ0n) is 17.4. The van der Waals surface area contributed by atoms with Crippen LogP contribution in [0.15, 0.2) is 54.7 Å². The third-order valence-corrected chi connectivity index (χ3v) is 5.99. The highest BCUT2D eigenvalue weighted by molar-refractivity contribution is 5.85. The second-order valence-corrected chi connectivity index (χ2v) is 7.97. The Balaban J connectivity index is 1.39. The van der Waals surface area contributed by atoms with Gasteiger partial charge in [0.1, 0.15) is 12.4 Å². The first-order valence-corrected chi connectivity index (χ1v) is 10.4. The second-order valence-electron chi connectivity index (χ2n) is 7.97. The van der Waals surface area contributed by atoms with Gasteiger partial charge in [-0.2, -0.15) is 10.2 Å². The van der Waals surface area contributed by atoms with E-state index in [2.05, 4.69) is 61.5 Å². The number of alkyl halides is 1. The van der Waals surface area contributed by atoms with E-state index in [-0.39, 0.29) is 0 Å². The summed E-state index contributed by atoms with van der Waals surface area (Å²) in [6.07, 6.45) is 2.71. The quantitative estimate of drug-likeness (QED) is 0.537. The molecule has 3 heterocycles. The minimum absolute atomic E-state index is 0.392. The van der Waals surface area contributed by atoms with Crippen LogP contribution < -0.4 is 4.90 Å². The third-order valence-electron chi connectivity index (χ3n) is 5.99. The third kappa shape index (κ3) is 3.98. The van der Waals surface area contributed by atoms with Crippen molar-refractivity contribution < 1.29 is 4.39 Å². The number of fused-ring (bicyclic) bond motifs is 1. The van der Waals surface area contributed by atoms with Gasteiger partial charge in [0.15, 0.2) is 11.6 Å². The Kier molecular flexibility index (Phi) is 5.30. The standard InChI is InChI=1S/C23H24FN7/c1-30-9-10-31(15-18(30)11-16-5-3-2-4-6-16)22-14-25-29-23(26-22)17-7-8-20-19(12-17)21(13-24)28-27-20/h2-8,12,14,18H,9-11,13,15H2,1H3,(H,27,28)/t18-/m0/s1. The number of H-pyrrole nitrogens is 1. The summed E-state index contributed by atoms with van der Waals surface area (Å²) in [4.78, 5) is 9.47. The summed E-state index contributed by atoms with van der Waals surface area (Å²) in [6.45, 7) is 2.09. The molecular formula is C23H24FN7. The van der Waals surface area contributed by atoms with Crippen LogP contribution in [0.5, 0.6) is 0 Å². The highest BCUT2D eigenvalue weighted by Crippen LogP contribution is 2.25. The molecule has 158 valence electrons. The molecule has 31 heavy (non-hydrogen) atoms. The number of hydrogen-bond donors (Lipinski definition) is 1. The van der Waals surface area contributed by atoms with Crippen LogP contribution >= 0.6 is 0 Å². The van der Waals surface area contributed by atoms with Gasteiger partial charge >= 0.3 is 0 Å². The van der Waals surface area contributed by atoms with Crippen molar-refractivity contribution in [2.24, 2.45) is 0 Å². The average Bonchev–Trinajstić information content (AvgIpc) is 3.24. The van der Waals surface area contributed by atoms with Crippen LogP contribution in [0.4, 0.5) is 10.2 Å². The number of rotatable bonds is 5. The van der Waals surface area contributed by atoms with Crippen LogP contribution in [0.3, 0.4) is 0 Å². The predicted molar refractivity (Wildman–Crippen MR) is 119 cm³/mol. The maximum absolute atomic E-state index is 13.2. The molecule has 0 saturated carbocycles. The average molecular weight is 417 g/mol. The minimum Gasteiger partial charge on any atom is -0.352 e. The normalized spacial score (nSPS) is 17.4. The molecule has 0 amide bonds. The first-order chi connectivity index (χ1) is 15.2. The van der Waals surface area contributed by atoms with Crippen molar-refractivity contribution in [1.82, 2.24) is 30.3 Å². The van der Waals surface area contributed by atoms with E-state index < -0.39 is 6.67 Å². The molecule has 1 N–H and O–H groups in total. The predicted octanol–water partition coefficient (Wildman–Crippen LogP) is 3.25. The van der Waals surface area contributed by atoms with Crippen molar-refractivity contribution in [2.45, 2.75) is 19.1 Å². The monoisotopic (exact) mass is 417 g/mol. The summed E-state index contributed by atoms with van der Waals surface area (Å²) >= 11 is 0. The molecule has 5 rings (SSSR count). The van der Waals surface area contributed by atoms with E-state index in [1.807, 2.05) is 24.3 Å². The Hall–Kier alpha value is -3.39. The topological polar surface area (TPSA) is 73.8 Å². The summed E-state index contributed by atoms with van der Waals surface area (Å²) in [5.41, 5.74) is 3.32. The lowest BCUT2D eigenvalue weighted by atomic mass is 10.0. The van der Waals surface area contributed by atoms with Crippen molar-refractivity contribution in [3.63, 3.8) is 0 Å². The molecule has 8 heteroatoms. The maximum atomic E-state index is 13.2. The summed E-state index contributed by atoms with van der Waals surface area (Å²) < 4.78 is 13.2. The van der Waals surface area contributed by atoms with Crippen molar-refractivity contribution in [3.8, 4) is 11.4 Å². The lowest BCUT2D eigenvalue weighted by Crippen LogP contribution is -2.52. The number of likely N-dealkylation sites (N-methyl/N-ethyl adjacent to an activating group) is 1. The van der Waals surface area contributed by atoms with Gasteiger partial charge < -0.3 is 4.90 Å². The molecule has 0 bridgehead atoms. The van der Waals surface area contributed by atoms with Crippen LogP contribution in [0.25, 0.3) is 22.3 Å². The smallest absolute Gasteiger partial charge is 0.183 e. The maximum Gasteiger partial charge on any atom is 0.183 e. The minimum atomic E-state index is -0.618. The van der Waals surface area contributed by atoms with E-state index in [1.165, 1.54) is 5.56 Å². The van der Waals surface area contributed by atoms with Crippen molar-refractivity contribution in [3.05, 3.63) is 66.0 Å². The number of aromatic amines is 1. The molecule has 0 spiro atoms. The molecule has 0 unspecified atom stereocenters. The van der Waals surface area contributed by atoms with E-state index in [0.717, 1.165) is 48.3 Å². The second kappa shape index (κ2) is 8.39. The molecule has 1 aliphatic rings.